The van der Waals surface area contributed by atoms with Crippen LogP contribution in [0, 0.1) is 0 Å². The highest BCUT2D eigenvalue weighted by atomic mass is 35.5. The van der Waals surface area contributed by atoms with Crippen LogP contribution >= 0.6 is 12.4 Å². The molecule has 0 fully saturated rings. The summed E-state index contributed by atoms with van der Waals surface area (Å²) in [5, 5.41) is 19.2. The zero-order valence-corrected chi connectivity index (χ0v) is 17.1. The first-order valence-corrected chi connectivity index (χ1v) is 9.75. The average Bonchev–Trinajstić information content (AvgIpc) is 2.52. The number of unbranched alkanes of at least 4 members (excludes halogenated alkanes) is 11. The molecule has 2 N–H and O–H groups in total. The molecule has 0 heterocycles. The summed E-state index contributed by atoms with van der Waals surface area (Å²) < 4.78 is 0. The van der Waals surface area contributed by atoms with Gasteiger partial charge >= 0.3 is 0 Å². The zero-order chi connectivity index (χ0) is 17.3. The van der Waals surface area contributed by atoms with Crippen molar-refractivity contribution in [3.63, 3.8) is 0 Å². The lowest BCUT2D eigenvalue weighted by Gasteiger charge is -2.25. The summed E-state index contributed by atoms with van der Waals surface area (Å²) in [6, 6.07) is -0.205. The van der Waals surface area contributed by atoms with Crippen molar-refractivity contribution in [3.05, 3.63) is 12.2 Å². The highest BCUT2D eigenvalue weighted by Gasteiger charge is 2.17. The fourth-order valence-corrected chi connectivity index (χ4v) is 2.87. The van der Waals surface area contributed by atoms with Gasteiger partial charge in [-0.3, -0.25) is 0 Å². The van der Waals surface area contributed by atoms with Crippen molar-refractivity contribution in [1.29, 1.82) is 0 Å². The molecule has 24 heavy (non-hydrogen) atoms. The van der Waals surface area contributed by atoms with Crippen molar-refractivity contribution in [2.75, 3.05) is 20.7 Å². The van der Waals surface area contributed by atoms with E-state index in [1.165, 1.54) is 70.6 Å². The van der Waals surface area contributed by atoms with Crippen LogP contribution in [-0.2, 0) is 0 Å². The van der Waals surface area contributed by atoms with E-state index in [0.717, 1.165) is 6.42 Å². The molecule has 0 spiro atoms. The molecular formula is C20H42ClNO2. The Morgan fingerprint density at radius 2 is 1.29 bits per heavy atom. The molecule has 0 aromatic carbocycles. The molecule has 3 nitrogen and oxygen atoms in total. The Balaban J connectivity index is 0. The summed E-state index contributed by atoms with van der Waals surface area (Å²) in [5.41, 5.74) is 0. The summed E-state index contributed by atoms with van der Waals surface area (Å²) in [4.78, 5) is 1.86. The van der Waals surface area contributed by atoms with E-state index >= 15 is 0 Å². The molecule has 0 radical (unpaired) electrons. The Bertz CT molecular complexity index is 272. The van der Waals surface area contributed by atoms with Gasteiger partial charge < -0.3 is 15.1 Å². The zero-order valence-electron chi connectivity index (χ0n) is 16.3. The fourth-order valence-electron chi connectivity index (χ4n) is 2.87. The van der Waals surface area contributed by atoms with Crippen LogP contribution in [0.1, 0.15) is 84.0 Å². The van der Waals surface area contributed by atoms with Crippen molar-refractivity contribution in [2.24, 2.45) is 0 Å². The number of allylic oxidation sites excluding steroid dienone is 1. The highest BCUT2D eigenvalue weighted by Crippen LogP contribution is 2.12. The smallest absolute Gasteiger partial charge is 0.0898 e. The topological polar surface area (TPSA) is 43.7 Å². The summed E-state index contributed by atoms with van der Waals surface area (Å²) in [7, 11) is 3.75. The average molecular weight is 364 g/mol. The monoisotopic (exact) mass is 363 g/mol. The lowest BCUT2D eigenvalue weighted by molar-refractivity contribution is 0.0672. The van der Waals surface area contributed by atoms with Gasteiger partial charge in [-0.1, -0.05) is 83.3 Å². The lowest BCUT2D eigenvalue weighted by atomic mass is 10.0. The maximum Gasteiger partial charge on any atom is 0.0898 e. The summed E-state index contributed by atoms with van der Waals surface area (Å²) in [6.45, 7) is 2.25. The first-order valence-electron chi connectivity index (χ1n) is 9.75. The van der Waals surface area contributed by atoms with Crippen LogP contribution in [-0.4, -0.2) is 48.0 Å². The summed E-state index contributed by atoms with van der Waals surface area (Å²) in [6.07, 6.45) is 19.3. The molecule has 0 aliphatic rings. The van der Waals surface area contributed by atoms with E-state index in [0.29, 0.717) is 0 Å². The second-order valence-corrected chi connectivity index (χ2v) is 6.96. The van der Waals surface area contributed by atoms with Gasteiger partial charge in [0.15, 0.2) is 0 Å². The number of hydrogen-bond donors (Lipinski definition) is 2. The van der Waals surface area contributed by atoms with Gasteiger partial charge in [0.25, 0.3) is 0 Å². The number of halogens is 1. The van der Waals surface area contributed by atoms with E-state index in [1.807, 2.05) is 25.1 Å². The van der Waals surface area contributed by atoms with Gasteiger partial charge in [-0.2, -0.15) is 0 Å². The molecule has 0 aliphatic heterocycles. The largest absolute Gasteiger partial charge is 0.395 e. The third-order valence-corrected chi connectivity index (χ3v) is 4.55. The minimum atomic E-state index is -0.581. The summed E-state index contributed by atoms with van der Waals surface area (Å²) >= 11 is 0. The van der Waals surface area contributed by atoms with Crippen LogP contribution in [0.3, 0.4) is 0 Å². The molecule has 2 atom stereocenters. The van der Waals surface area contributed by atoms with Crippen LogP contribution in [0.2, 0.25) is 0 Å². The Labute approximate surface area is 156 Å². The third kappa shape index (κ3) is 15.4. The predicted octanol–water partition coefficient (Wildman–Crippen LogP) is 4.95. The van der Waals surface area contributed by atoms with Gasteiger partial charge in [-0.25, -0.2) is 0 Å². The number of nitrogens with zero attached hydrogens (tertiary/aromatic N) is 1. The Morgan fingerprint density at radius 1 is 0.833 bits per heavy atom. The molecule has 0 bridgehead atoms. The molecule has 0 saturated heterocycles. The van der Waals surface area contributed by atoms with Crippen LogP contribution in [0.5, 0.6) is 0 Å². The van der Waals surface area contributed by atoms with E-state index in [-0.39, 0.29) is 25.1 Å². The Kier molecular flexibility index (Phi) is 21.0. The van der Waals surface area contributed by atoms with Crippen LogP contribution in [0.25, 0.3) is 0 Å². The van der Waals surface area contributed by atoms with Crippen molar-refractivity contribution in [2.45, 2.75) is 96.1 Å². The maximum atomic E-state index is 9.97. The fraction of sp³-hybridized carbons (Fsp3) is 0.900. The van der Waals surface area contributed by atoms with Crippen molar-refractivity contribution in [1.82, 2.24) is 4.90 Å². The maximum absolute atomic E-state index is 9.97. The van der Waals surface area contributed by atoms with E-state index in [4.69, 9.17) is 0 Å². The molecule has 0 unspecified atom stereocenters. The SMILES string of the molecule is CCCCCCCCCCCCC/C=C/[C@@H](O)[C@H](CO)N(C)C.Cl. The van der Waals surface area contributed by atoms with E-state index in [2.05, 4.69) is 13.0 Å². The molecule has 0 saturated carbocycles. The lowest BCUT2D eigenvalue weighted by Crippen LogP contribution is -2.40. The van der Waals surface area contributed by atoms with Gasteiger partial charge in [0.05, 0.1) is 18.8 Å². The standard InChI is InChI=1S/C20H41NO2.ClH/c1-4-5-6-7-8-9-10-11-12-13-14-15-16-17-20(23)19(18-22)21(2)3;/h16-17,19-20,22-23H,4-15,18H2,1-3H3;1H/b17-16+;/t19-,20+;/m0./s1. The first-order chi connectivity index (χ1) is 11.1. The molecule has 0 rings (SSSR count). The van der Waals surface area contributed by atoms with Crippen LogP contribution in [0.15, 0.2) is 12.2 Å². The molecule has 146 valence electrons. The quantitative estimate of drug-likeness (QED) is 0.301. The number of aliphatic hydroxyl groups excluding tert-OH is 2. The summed E-state index contributed by atoms with van der Waals surface area (Å²) in [5.74, 6) is 0. The Hall–Kier alpha value is -0.0900. The molecule has 4 heteroatoms. The molecule has 0 amide bonds. The highest BCUT2D eigenvalue weighted by molar-refractivity contribution is 5.85. The van der Waals surface area contributed by atoms with E-state index < -0.39 is 6.10 Å². The van der Waals surface area contributed by atoms with Gasteiger partial charge in [0.2, 0.25) is 0 Å². The Morgan fingerprint density at radius 3 is 1.71 bits per heavy atom. The third-order valence-electron chi connectivity index (χ3n) is 4.55. The van der Waals surface area contributed by atoms with Crippen LogP contribution < -0.4 is 0 Å². The predicted molar refractivity (Wildman–Crippen MR) is 108 cm³/mol. The minimum Gasteiger partial charge on any atom is -0.395 e. The molecule has 0 aromatic rings. The number of rotatable bonds is 16. The number of hydrogen-bond acceptors (Lipinski definition) is 3. The van der Waals surface area contributed by atoms with Gasteiger partial charge in [0.1, 0.15) is 0 Å². The number of aliphatic hydroxyl groups is 2. The second kappa shape index (κ2) is 19.2. The normalized spacial score (nSPS) is 14.1. The van der Waals surface area contributed by atoms with Gasteiger partial charge in [0, 0.05) is 0 Å². The van der Waals surface area contributed by atoms with Gasteiger partial charge in [-0.15, -0.1) is 12.4 Å². The second-order valence-electron chi connectivity index (χ2n) is 6.96. The van der Waals surface area contributed by atoms with Crippen molar-refractivity contribution in [3.8, 4) is 0 Å². The minimum absolute atomic E-state index is 0. The molecular weight excluding hydrogens is 322 g/mol. The molecule has 0 aromatic heterocycles. The van der Waals surface area contributed by atoms with Crippen LogP contribution in [0.4, 0.5) is 0 Å². The molecule has 0 aliphatic carbocycles. The first kappa shape index (κ1) is 26.1. The van der Waals surface area contributed by atoms with Crippen molar-refractivity contribution >= 4 is 12.4 Å². The van der Waals surface area contributed by atoms with E-state index in [9.17, 15) is 10.2 Å². The number of likely N-dealkylation sites (N-methyl/N-ethyl adjacent to an activating group) is 1. The van der Waals surface area contributed by atoms with Crippen molar-refractivity contribution < 1.29 is 10.2 Å². The van der Waals surface area contributed by atoms with Gasteiger partial charge in [-0.05, 0) is 26.9 Å². The van der Waals surface area contributed by atoms with E-state index in [1.54, 1.807) is 0 Å².